The maximum absolute atomic E-state index is 11.9. The molecule has 0 fully saturated rings. The molecule has 0 spiro atoms. The first-order valence-electron chi connectivity index (χ1n) is 6.82. The fourth-order valence-electron chi connectivity index (χ4n) is 2.11. The van der Waals surface area contributed by atoms with Gasteiger partial charge in [0.25, 0.3) is 0 Å². The summed E-state index contributed by atoms with van der Waals surface area (Å²) in [6.07, 6.45) is 0.230. The zero-order valence-corrected chi connectivity index (χ0v) is 12.8. The van der Waals surface area contributed by atoms with Crippen molar-refractivity contribution < 1.29 is 19.0 Å². The summed E-state index contributed by atoms with van der Waals surface area (Å²) in [6.45, 7) is 9.77. The molecule has 2 rings (SSSR count). The first kappa shape index (κ1) is 14.9. The molecule has 0 saturated heterocycles. The Morgan fingerprint density at radius 1 is 1.35 bits per heavy atom. The van der Waals surface area contributed by atoms with Crippen molar-refractivity contribution in [3.05, 3.63) is 29.3 Å². The van der Waals surface area contributed by atoms with Crippen LogP contribution >= 0.6 is 0 Å². The van der Waals surface area contributed by atoms with Gasteiger partial charge in [-0.05, 0) is 32.4 Å². The van der Waals surface area contributed by atoms with Gasteiger partial charge in [0.2, 0.25) is 5.79 Å². The number of hydrogen-bond acceptors (Lipinski definition) is 4. The van der Waals surface area contributed by atoms with Crippen LogP contribution in [0.15, 0.2) is 18.2 Å². The normalized spacial score (nSPS) is 17.1. The van der Waals surface area contributed by atoms with Gasteiger partial charge in [0.1, 0.15) is 11.4 Å². The average molecular weight is 278 g/mol. The number of carbonyl (C=O) groups excluding carboxylic acids is 1. The molecule has 1 aliphatic rings. The van der Waals surface area contributed by atoms with E-state index in [1.165, 1.54) is 0 Å². The minimum atomic E-state index is -0.627. The summed E-state index contributed by atoms with van der Waals surface area (Å²) in [5.41, 5.74) is 1.35. The van der Waals surface area contributed by atoms with E-state index in [1.807, 2.05) is 52.8 Å². The number of ether oxygens (including phenoxy) is 3. The molecule has 20 heavy (non-hydrogen) atoms. The van der Waals surface area contributed by atoms with E-state index in [1.54, 1.807) is 0 Å². The largest absolute Gasteiger partial charge is 0.463 e. The van der Waals surface area contributed by atoms with E-state index < -0.39 is 11.4 Å². The third-order valence-electron chi connectivity index (χ3n) is 2.90. The first-order chi connectivity index (χ1) is 9.16. The number of carbonyl (C=O) groups is 1. The fourth-order valence-corrected chi connectivity index (χ4v) is 2.11. The Bertz CT molecular complexity index is 512. The summed E-state index contributed by atoms with van der Waals surface area (Å²) < 4.78 is 16.8. The average Bonchev–Trinajstić information content (AvgIpc) is 2.24. The van der Waals surface area contributed by atoms with Crippen molar-refractivity contribution >= 4 is 5.97 Å². The van der Waals surface area contributed by atoms with Crippen LogP contribution in [0.1, 0.15) is 45.7 Å². The van der Waals surface area contributed by atoms with Crippen LogP contribution in [0, 0.1) is 0 Å². The standard InChI is InChI=1S/C16H22O4/c1-15(2,3)20-14(17)9-11-7-6-8-13-12(11)10-18-16(4,5)19-13/h6-8H,9-10H2,1-5H3. The van der Waals surface area contributed by atoms with E-state index in [2.05, 4.69) is 0 Å². The number of rotatable bonds is 2. The van der Waals surface area contributed by atoms with Crippen molar-refractivity contribution in [2.24, 2.45) is 0 Å². The van der Waals surface area contributed by atoms with Crippen molar-refractivity contribution in [1.82, 2.24) is 0 Å². The van der Waals surface area contributed by atoms with Gasteiger partial charge in [0.15, 0.2) is 0 Å². The first-order valence-corrected chi connectivity index (χ1v) is 6.82. The Morgan fingerprint density at radius 3 is 2.70 bits per heavy atom. The van der Waals surface area contributed by atoms with Crippen LogP contribution in [0.2, 0.25) is 0 Å². The van der Waals surface area contributed by atoms with Crippen molar-refractivity contribution in [3.8, 4) is 5.75 Å². The highest BCUT2D eigenvalue weighted by molar-refractivity contribution is 5.74. The number of esters is 1. The van der Waals surface area contributed by atoms with Crippen molar-refractivity contribution in [2.75, 3.05) is 0 Å². The molecule has 4 heteroatoms. The van der Waals surface area contributed by atoms with E-state index in [0.29, 0.717) is 6.61 Å². The van der Waals surface area contributed by atoms with Gasteiger partial charge in [0.05, 0.1) is 13.0 Å². The molecule has 0 N–H and O–H groups in total. The molecule has 0 bridgehead atoms. The van der Waals surface area contributed by atoms with Gasteiger partial charge in [-0.25, -0.2) is 0 Å². The molecule has 1 aliphatic heterocycles. The molecule has 1 aromatic rings. The molecule has 1 aromatic carbocycles. The van der Waals surface area contributed by atoms with E-state index in [9.17, 15) is 4.79 Å². The zero-order chi connectivity index (χ0) is 15.0. The van der Waals surface area contributed by atoms with Crippen LogP contribution < -0.4 is 4.74 Å². The van der Waals surface area contributed by atoms with Gasteiger partial charge >= 0.3 is 5.97 Å². The monoisotopic (exact) mass is 278 g/mol. The molecule has 0 amide bonds. The highest BCUT2D eigenvalue weighted by Gasteiger charge is 2.29. The SMILES string of the molecule is CC(C)(C)OC(=O)Cc1cccc2c1COC(C)(C)O2. The summed E-state index contributed by atoms with van der Waals surface area (Å²) >= 11 is 0. The molecule has 0 aromatic heterocycles. The maximum Gasteiger partial charge on any atom is 0.310 e. The number of hydrogen-bond donors (Lipinski definition) is 0. The van der Waals surface area contributed by atoms with E-state index in [-0.39, 0.29) is 12.4 Å². The Balaban J connectivity index is 2.17. The van der Waals surface area contributed by atoms with Gasteiger partial charge < -0.3 is 14.2 Å². The minimum absolute atomic E-state index is 0.230. The summed E-state index contributed by atoms with van der Waals surface area (Å²) in [5, 5.41) is 0. The van der Waals surface area contributed by atoms with Crippen LogP contribution in [-0.2, 0) is 27.3 Å². The van der Waals surface area contributed by atoms with Gasteiger partial charge in [0, 0.05) is 19.4 Å². The van der Waals surface area contributed by atoms with Gasteiger partial charge in [-0.1, -0.05) is 12.1 Å². The van der Waals surface area contributed by atoms with Crippen LogP contribution in [-0.4, -0.2) is 17.4 Å². The van der Waals surface area contributed by atoms with Gasteiger partial charge in [-0.3, -0.25) is 4.79 Å². The smallest absolute Gasteiger partial charge is 0.310 e. The van der Waals surface area contributed by atoms with Gasteiger partial charge in [-0.2, -0.15) is 0 Å². The lowest BCUT2D eigenvalue weighted by Gasteiger charge is -2.33. The quantitative estimate of drug-likeness (QED) is 0.779. The molecule has 1 heterocycles. The molecular formula is C16H22O4. The van der Waals surface area contributed by atoms with Crippen LogP contribution in [0.3, 0.4) is 0 Å². The van der Waals surface area contributed by atoms with E-state index in [4.69, 9.17) is 14.2 Å². The Morgan fingerprint density at radius 2 is 2.05 bits per heavy atom. The summed E-state index contributed by atoms with van der Waals surface area (Å²) in [5.74, 6) is -0.0876. The highest BCUT2D eigenvalue weighted by atomic mass is 16.7. The third kappa shape index (κ3) is 3.73. The highest BCUT2D eigenvalue weighted by Crippen LogP contribution is 2.33. The van der Waals surface area contributed by atoms with Crippen LogP contribution in [0.5, 0.6) is 5.75 Å². The predicted octanol–water partition coefficient (Wildman–Crippen LogP) is 3.22. The van der Waals surface area contributed by atoms with Crippen molar-refractivity contribution in [1.29, 1.82) is 0 Å². The molecule has 110 valence electrons. The second-order valence-electron chi connectivity index (χ2n) is 6.45. The molecule has 0 radical (unpaired) electrons. The van der Waals surface area contributed by atoms with Gasteiger partial charge in [-0.15, -0.1) is 0 Å². The molecule has 0 atom stereocenters. The molecular weight excluding hydrogens is 256 g/mol. The van der Waals surface area contributed by atoms with Crippen molar-refractivity contribution in [3.63, 3.8) is 0 Å². The molecule has 0 unspecified atom stereocenters. The summed E-state index contributed by atoms with van der Waals surface area (Å²) in [6, 6.07) is 5.70. The number of fused-ring (bicyclic) bond motifs is 1. The lowest BCUT2D eigenvalue weighted by molar-refractivity contribution is -0.180. The second-order valence-corrected chi connectivity index (χ2v) is 6.45. The summed E-state index contributed by atoms with van der Waals surface area (Å²) in [7, 11) is 0. The lowest BCUT2D eigenvalue weighted by atomic mass is 10.0. The minimum Gasteiger partial charge on any atom is -0.463 e. The molecule has 0 aliphatic carbocycles. The Kier molecular flexibility index (Phi) is 3.78. The third-order valence-corrected chi connectivity index (χ3v) is 2.90. The Labute approximate surface area is 120 Å². The predicted molar refractivity (Wildman–Crippen MR) is 75.5 cm³/mol. The van der Waals surface area contributed by atoms with E-state index >= 15 is 0 Å². The summed E-state index contributed by atoms with van der Waals surface area (Å²) in [4.78, 5) is 11.9. The molecule has 0 saturated carbocycles. The Hall–Kier alpha value is -1.55. The van der Waals surface area contributed by atoms with E-state index in [0.717, 1.165) is 16.9 Å². The zero-order valence-electron chi connectivity index (χ0n) is 12.8. The maximum atomic E-state index is 11.9. The topological polar surface area (TPSA) is 44.8 Å². The molecule has 4 nitrogen and oxygen atoms in total. The second kappa shape index (κ2) is 5.09. The number of benzene rings is 1. The van der Waals surface area contributed by atoms with Crippen molar-refractivity contribution in [2.45, 2.75) is 59.0 Å². The van der Waals surface area contributed by atoms with Crippen LogP contribution in [0.25, 0.3) is 0 Å². The van der Waals surface area contributed by atoms with Crippen LogP contribution in [0.4, 0.5) is 0 Å². The fraction of sp³-hybridized carbons (Fsp3) is 0.562. The lowest BCUT2D eigenvalue weighted by Crippen LogP contribution is -2.35.